The van der Waals surface area contributed by atoms with E-state index in [1.54, 1.807) is 18.9 Å². The van der Waals surface area contributed by atoms with Gasteiger partial charge in [0.25, 0.3) is 12.4 Å². The van der Waals surface area contributed by atoms with Crippen LogP contribution in [0.5, 0.6) is 0 Å². The van der Waals surface area contributed by atoms with Crippen LogP contribution in [-0.2, 0) is 25.6 Å². The number of rotatable bonds is 8. The van der Waals surface area contributed by atoms with E-state index in [2.05, 4.69) is 30.2 Å². The summed E-state index contributed by atoms with van der Waals surface area (Å²) >= 11 is 0. The average Bonchev–Trinajstić information content (AvgIpc) is 3.33. The summed E-state index contributed by atoms with van der Waals surface area (Å²) in [7, 11) is 2.94. The minimum atomic E-state index is -1.06. The number of likely N-dealkylation sites (N-methyl/N-ethyl adjacent to an activating group) is 1. The molecule has 0 spiro atoms. The molecule has 29 heavy (non-hydrogen) atoms. The number of ether oxygens (including phenoxy) is 2. The molecule has 1 aromatic heterocycles. The Labute approximate surface area is 165 Å². The zero-order valence-corrected chi connectivity index (χ0v) is 16.1. The molecular weight excluding hydrogens is 388 g/mol. The standard InChI is InChI=1S/C16H22N6O7/c1-8-10(4-11(29-26)9(5-28-7-23)20-16(25)27-3)22-14(24)12-13(18-6-17-12)21(2)15(22)19-8/h6-7,9,11-13,26H,4-5H2,1-3H3,(H,17,18)(H,20,25). The summed E-state index contributed by atoms with van der Waals surface area (Å²) in [6, 6.07) is -1.52. The van der Waals surface area contributed by atoms with Crippen LogP contribution in [0, 0.1) is 6.92 Å². The summed E-state index contributed by atoms with van der Waals surface area (Å²) < 4.78 is 10.7. The lowest BCUT2D eigenvalue weighted by Crippen LogP contribution is -2.55. The number of imidazole rings is 1. The van der Waals surface area contributed by atoms with Gasteiger partial charge in [-0.3, -0.25) is 19.4 Å². The Morgan fingerprint density at radius 3 is 2.93 bits per heavy atom. The van der Waals surface area contributed by atoms with Gasteiger partial charge in [0.05, 0.1) is 30.9 Å². The molecule has 2 aliphatic rings. The van der Waals surface area contributed by atoms with Crippen molar-refractivity contribution in [2.45, 2.75) is 37.7 Å². The minimum absolute atomic E-state index is 0.00989. The largest absolute Gasteiger partial charge is 0.466 e. The summed E-state index contributed by atoms with van der Waals surface area (Å²) in [6.45, 7) is 1.64. The number of hydrogen-bond acceptors (Lipinski definition) is 11. The summed E-state index contributed by atoms with van der Waals surface area (Å²) in [5, 5.41) is 14.8. The molecule has 0 aliphatic carbocycles. The van der Waals surface area contributed by atoms with E-state index in [1.807, 2.05) is 0 Å². The summed E-state index contributed by atoms with van der Waals surface area (Å²) in [6.07, 6.45) is -0.787. The first-order chi connectivity index (χ1) is 13.9. The first-order valence-electron chi connectivity index (χ1n) is 8.75. The first kappa shape index (κ1) is 20.5. The third-order valence-electron chi connectivity index (χ3n) is 4.94. The molecule has 2 aliphatic heterocycles. The van der Waals surface area contributed by atoms with Gasteiger partial charge >= 0.3 is 6.09 Å². The lowest BCUT2D eigenvalue weighted by molar-refractivity contribution is -0.285. The zero-order chi connectivity index (χ0) is 21.1. The van der Waals surface area contributed by atoms with E-state index >= 15 is 0 Å². The predicted octanol–water partition coefficient (Wildman–Crippen LogP) is -1.09. The third kappa shape index (κ3) is 3.73. The van der Waals surface area contributed by atoms with Crippen molar-refractivity contribution < 1.29 is 34.0 Å². The molecule has 3 rings (SSSR count). The Balaban J connectivity index is 1.90. The van der Waals surface area contributed by atoms with E-state index in [0.717, 1.165) is 0 Å². The minimum Gasteiger partial charge on any atom is -0.466 e. The van der Waals surface area contributed by atoms with Gasteiger partial charge in [-0.1, -0.05) is 0 Å². The highest BCUT2D eigenvalue weighted by Crippen LogP contribution is 2.29. The van der Waals surface area contributed by atoms with E-state index < -0.39 is 30.4 Å². The van der Waals surface area contributed by atoms with Crippen molar-refractivity contribution in [1.82, 2.24) is 20.2 Å². The molecular formula is C16H22N6O7. The summed E-state index contributed by atoms with van der Waals surface area (Å²) in [4.78, 5) is 50.2. The van der Waals surface area contributed by atoms with Crippen molar-refractivity contribution in [2.24, 2.45) is 4.99 Å². The smallest absolute Gasteiger partial charge is 0.407 e. The monoisotopic (exact) mass is 410 g/mol. The predicted molar refractivity (Wildman–Crippen MR) is 97.7 cm³/mol. The number of nitrogens with zero attached hydrogens (tertiary/aromatic N) is 4. The number of anilines is 1. The van der Waals surface area contributed by atoms with E-state index in [1.165, 1.54) is 18.0 Å². The average molecular weight is 410 g/mol. The lowest BCUT2D eigenvalue weighted by atomic mass is 10.0. The fourth-order valence-electron chi connectivity index (χ4n) is 3.44. The highest BCUT2D eigenvalue weighted by Gasteiger charge is 2.44. The van der Waals surface area contributed by atoms with Crippen LogP contribution in [0.15, 0.2) is 4.99 Å². The highest BCUT2D eigenvalue weighted by atomic mass is 17.1. The highest BCUT2D eigenvalue weighted by molar-refractivity contribution is 5.94. The van der Waals surface area contributed by atoms with E-state index in [4.69, 9.17) is 4.74 Å². The molecule has 1 amide bonds. The van der Waals surface area contributed by atoms with Crippen LogP contribution in [0.2, 0.25) is 0 Å². The van der Waals surface area contributed by atoms with Gasteiger partial charge in [0, 0.05) is 13.5 Å². The lowest BCUT2D eigenvalue weighted by Gasteiger charge is -2.34. The molecule has 0 fully saturated rings. The molecule has 3 N–H and O–H groups in total. The molecule has 0 saturated carbocycles. The molecule has 0 bridgehead atoms. The Morgan fingerprint density at radius 1 is 1.52 bits per heavy atom. The Kier molecular flexibility index (Phi) is 5.98. The van der Waals surface area contributed by atoms with Gasteiger partial charge in [-0.2, -0.15) is 0 Å². The maximum atomic E-state index is 13.0. The number of aryl methyl sites for hydroxylation is 1. The second-order valence-electron chi connectivity index (χ2n) is 6.58. The van der Waals surface area contributed by atoms with Gasteiger partial charge in [-0.05, 0) is 6.92 Å². The van der Waals surface area contributed by atoms with E-state index in [9.17, 15) is 19.6 Å². The van der Waals surface area contributed by atoms with E-state index in [0.29, 0.717) is 17.3 Å². The van der Waals surface area contributed by atoms with Crippen molar-refractivity contribution in [3.63, 3.8) is 0 Å². The van der Waals surface area contributed by atoms with Crippen LogP contribution in [0.4, 0.5) is 10.7 Å². The quantitative estimate of drug-likeness (QED) is 0.273. The van der Waals surface area contributed by atoms with Crippen molar-refractivity contribution in [3.05, 3.63) is 11.4 Å². The van der Waals surface area contributed by atoms with Gasteiger partial charge in [0.2, 0.25) is 5.95 Å². The van der Waals surface area contributed by atoms with Crippen LogP contribution in [0.25, 0.3) is 0 Å². The van der Waals surface area contributed by atoms with Crippen molar-refractivity contribution >= 4 is 30.8 Å². The zero-order valence-electron chi connectivity index (χ0n) is 16.1. The molecule has 3 heterocycles. The van der Waals surface area contributed by atoms with Crippen LogP contribution in [0.3, 0.4) is 0 Å². The van der Waals surface area contributed by atoms with Gasteiger partial charge < -0.3 is 25.0 Å². The van der Waals surface area contributed by atoms with Gasteiger partial charge in [0.15, 0.2) is 6.17 Å². The molecule has 4 unspecified atom stereocenters. The first-order valence-corrected chi connectivity index (χ1v) is 8.75. The summed E-state index contributed by atoms with van der Waals surface area (Å²) in [5.74, 6) is 0.150. The normalized spacial score (nSPS) is 21.7. The molecule has 13 heteroatoms. The third-order valence-corrected chi connectivity index (χ3v) is 4.94. The Morgan fingerprint density at radius 2 is 2.28 bits per heavy atom. The van der Waals surface area contributed by atoms with Crippen molar-refractivity contribution in [2.75, 3.05) is 25.7 Å². The molecule has 1 aromatic rings. The molecule has 4 atom stereocenters. The fourth-order valence-corrected chi connectivity index (χ4v) is 3.44. The van der Waals surface area contributed by atoms with Gasteiger partial charge in [-0.25, -0.2) is 19.7 Å². The number of aliphatic imine (C=N–C) groups is 1. The number of amides is 1. The van der Waals surface area contributed by atoms with E-state index in [-0.39, 0.29) is 25.4 Å². The Bertz CT molecular complexity index is 825. The topological polar surface area (TPSA) is 157 Å². The van der Waals surface area contributed by atoms with Crippen molar-refractivity contribution in [1.29, 1.82) is 0 Å². The molecule has 0 saturated heterocycles. The van der Waals surface area contributed by atoms with Crippen LogP contribution < -0.4 is 15.5 Å². The fraction of sp³-hybridized carbons (Fsp3) is 0.562. The number of alkyl carbamates (subject to hydrolysis) is 1. The van der Waals surface area contributed by atoms with Gasteiger partial charge in [-0.15, -0.1) is 0 Å². The second-order valence-corrected chi connectivity index (χ2v) is 6.58. The second kappa shape index (κ2) is 8.45. The summed E-state index contributed by atoms with van der Waals surface area (Å²) in [5.41, 5.74) is 1.02. The number of nitrogens with one attached hydrogen (secondary N) is 2. The maximum absolute atomic E-state index is 13.0. The number of carbonyl (C=O) groups excluding carboxylic acids is 3. The maximum Gasteiger partial charge on any atom is 0.407 e. The SMILES string of the molecule is COC(=O)NC(COC=O)C(Cc1c(C)nc2n1C(=O)C1NC=NC1N2C)OO. The number of methoxy groups -OCH3 is 1. The molecule has 0 radical (unpaired) electrons. The number of fused-ring (bicyclic) bond motifs is 2. The van der Waals surface area contributed by atoms with Crippen LogP contribution >= 0.6 is 0 Å². The Hall–Kier alpha value is -3.19. The molecule has 158 valence electrons. The number of hydrogen-bond donors (Lipinski definition) is 3. The molecule has 0 aromatic carbocycles. The van der Waals surface area contributed by atoms with Crippen molar-refractivity contribution in [3.8, 4) is 0 Å². The number of aromatic nitrogens is 2. The van der Waals surface area contributed by atoms with Gasteiger partial charge in [0.1, 0.15) is 18.8 Å². The van der Waals surface area contributed by atoms with Crippen LogP contribution in [0.1, 0.15) is 16.2 Å². The molecule has 13 nitrogen and oxygen atoms in total. The van der Waals surface area contributed by atoms with Crippen LogP contribution in [-0.4, -0.2) is 84.7 Å². The number of carbonyl (C=O) groups is 3.